The fourth-order valence-electron chi connectivity index (χ4n) is 3.46. The van der Waals surface area contributed by atoms with Gasteiger partial charge in [-0.05, 0) is 30.7 Å². The first-order valence-corrected chi connectivity index (χ1v) is 9.84. The van der Waals surface area contributed by atoms with Crippen LogP contribution in [0.3, 0.4) is 0 Å². The van der Waals surface area contributed by atoms with Gasteiger partial charge in [-0.15, -0.1) is 0 Å². The van der Waals surface area contributed by atoms with Crippen LogP contribution < -0.4 is 15.5 Å². The van der Waals surface area contributed by atoms with Gasteiger partial charge >= 0.3 is 6.03 Å². The minimum atomic E-state index is -0.509. The number of urea groups is 1. The summed E-state index contributed by atoms with van der Waals surface area (Å²) in [6.45, 7) is 5.24. The first-order chi connectivity index (χ1) is 13.6. The lowest BCUT2D eigenvalue weighted by Crippen LogP contribution is -2.52. The number of nitrogens with zero attached hydrogens (tertiary/aromatic N) is 2. The number of carbonyl (C=O) groups is 2. The molecular weight excluding hydrogens is 376 g/mol. The molecule has 2 N–H and O–H groups in total. The number of hydrogen-bond donors (Lipinski definition) is 2. The van der Waals surface area contributed by atoms with E-state index in [1.54, 1.807) is 0 Å². The van der Waals surface area contributed by atoms with Crippen LogP contribution >= 0.6 is 11.6 Å². The zero-order chi connectivity index (χ0) is 19.9. The van der Waals surface area contributed by atoms with Crippen molar-refractivity contribution in [3.05, 3.63) is 65.2 Å². The number of amides is 3. The van der Waals surface area contributed by atoms with Gasteiger partial charge in [-0.3, -0.25) is 15.0 Å². The van der Waals surface area contributed by atoms with Crippen molar-refractivity contribution in [3.8, 4) is 0 Å². The van der Waals surface area contributed by atoms with E-state index in [4.69, 9.17) is 11.6 Å². The van der Waals surface area contributed by atoms with Crippen LogP contribution in [0.4, 0.5) is 10.5 Å². The largest absolute Gasteiger partial charge is 0.369 e. The molecule has 1 fully saturated rings. The molecule has 1 saturated heterocycles. The van der Waals surface area contributed by atoms with Crippen molar-refractivity contribution in [2.75, 3.05) is 37.6 Å². The lowest BCUT2D eigenvalue weighted by Gasteiger charge is -2.39. The maximum atomic E-state index is 12.9. The van der Waals surface area contributed by atoms with E-state index in [9.17, 15) is 9.59 Å². The van der Waals surface area contributed by atoms with Crippen molar-refractivity contribution < 1.29 is 9.59 Å². The molecule has 7 heteroatoms. The number of carbonyl (C=O) groups excluding carboxylic acids is 2. The third kappa shape index (κ3) is 5.03. The Morgan fingerprint density at radius 1 is 1.04 bits per heavy atom. The Morgan fingerprint density at radius 3 is 2.39 bits per heavy atom. The molecule has 0 aliphatic carbocycles. The minimum Gasteiger partial charge on any atom is -0.369 e. The summed E-state index contributed by atoms with van der Waals surface area (Å²) in [7, 11) is 0. The molecule has 1 aliphatic heterocycles. The lowest BCUT2D eigenvalue weighted by atomic mass is 10.0. The lowest BCUT2D eigenvalue weighted by molar-refractivity contribution is -0.125. The highest BCUT2D eigenvalue weighted by atomic mass is 35.5. The maximum absolute atomic E-state index is 12.9. The standard InChI is InChI=1S/C21H25ClN4O2/c1-2-23-21(28)24-20(27)19(16-7-4-3-5-8-16)26-13-11-25(12-14-26)18-10-6-9-17(22)15-18/h3-10,15,19H,2,11-14H2,1H3,(H2,23,24,27,28)/t19-/m0/s1. The molecule has 6 nitrogen and oxygen atoms in total. The molecule has 0 unspecified atom stereocenters. The van der Waals surface area contributed by atoms with Gasteiger partial charge < -0.3 is 10.2 Å². The smallest absolute Gasteiger partial charge is 0.321 e. The van der Waals surface area contributed by atoms with Crippen LogP contribution in [-0.2, 0) is 4.79 Å². The van der Waals surface area contributed by atoms with Crippen LogP contribution in [0, 0.1) is 0 Å². The van der Waals surface area contributed by atoms with Gasteiger partial charge in [0, 0.05) is 43.4 Å². The molecule has 0 bridgehead atoms. The number of halogens is 1. The predicted molar refractivity (Wildman–Crippen MR) is 112 cm³/mol. The fourth-order valence-corrected chi connectivity index (χ4v) is 3.64. The molecular formula is C21H25ClN4O2. The van der Waals surface area contributed by atoms with Gasteiger partial charge in [-0.1, -0.05) is 48.0 Å². The average molecular weight is 401 g/mol. The van der Waals surface area contributed by atoms with Crippen LogP contribution in [0.15, 0.2) is 54.6 Å². The van der Waals surface area contributed by atoms with Crippen LogP contribution in [0.25, 0.3) is 0 Å². The third-order valence-electron chi connectivity index (χ3n) is 4.79. The molecule has 1 aliphatic rings. The fraction of sp³-hybridized carbons (Fsp3) is 0.333. The number of rotatable bonds is 5. The van der Waals surface area contributed by atoms with E-state index in [2.05, 4.69) is 20.4 Å². The molecule has 28 heavy (non-hydrogen) atoms. The van der Waals surface area contributed by atoms with Crippen LogP contribution in [0.2, 0.25) is 5.02 Å². The first-order valence-electron chi connectivity index (χ1n) is 9.46. The summed E-state index contributed by atoms with van der Waals surface area (Å²) in [6.07, 6.45) is 0. The van der Waals surface area contributed by atoms with Gasteiger partial charge in [-0.25, -0.2) is 4.79 Å². The van der Waals surface area contributed by atoms with Gasteiger partial charge in [0.1, 0.15) is 6.04 Å². The second-order valence-corrected chi connectivity index (χ2v) is 7.10. The zero-order valence-corrected chi connectivity index (χ0v) is 16.7. The third-order valence-corrected chi connectivity index (χ3v) is 5.03. The molecule has 0 aromatic heterocycles. The van der Waals surface area contributed by atoms with Crippen LogP contribution in [0.5, 0.6) is 0 Å². The highest BCUT2D eigenvalue weighted by Crippen LogP contribution is 2.25. The highest BCUT2D eigenvalue weighted by Gasteiger charge is 2.31. The van der Waals surface area contributed by atoms with Gasteiger partial charge in [0.15, 0.2) is 0 Å². The van der Waals surface area contributed by atoms with Crippen molar-refractivity contribution in [3.63, 3.8) is 0 Å². The number of imide groups is 1. The Balaban J connectivity index is 1.73. The first kappa shape index (κ1) is 20.2. The van der Waals surface area contributed by atoms with E-state index in [0.717, 1.165) is 24.3 Å². The van der Waals surface area contributed by atoms with E-state index < -0.39 is 12.1 Å². The zero-order valence-electron chi connectivity index (χ0n) is 15.9. The number of hydrogen-bond acceptors (Lipinski definition) is 4. The van der Waals surface area contributed by atoms with Crippen LogP contribution in [-0.4, -0.2) is 49.6 Å². The Kier molecular flexibility index (Phi) is 6.90. The molecule has 3 rings (SSSR count). The Labute approximate surface area is 170 Å². The summed E-state index contributed by atoms with van der Waals surface area (Å²) < 4.78 is 0. The molecule has 1 atom stereocenters. The summed E-state index contributed by atoms with van der Waals surface area (Å²) in [5.41, 5.74) is 1.95. The molecule has 148 valence electrons. The Hall–Kier alpha value is -2.57. The second-order valence-electron chi connectivity index (χ2n) is 6.66. The SMILES string of the molecule is CCNC(=O)NC(=O)[C@H](c1ccccc1)N1CCN(c2cccc(Cl)c2)CC1. The quantitative estimate of drug-likeness (QED) is 0.809. The van der Waals surface area contributed by atoms with E-state index >= 15 is 0 Å². The minimum absolute atomic E-state index is 0.312. The van der Waals surface area contributed by atoms with Crippen molar-refractivity contribution in [2.24, 2.45) is 0 Å². The second kappa shape index (κ2) is 9.57. The molecule has 2 aromatic rings. The average Bonchev–Trinajstić information content (AvgIpc) is 2.70. The predicted octanol–water partition coefficient (Wildman–Crippen LogP) is 3.05. The van der Waals surface area contributed by atoms with Gasteiger partial charge in [0.25, 0.3) is 0 Å². The van der Waals surface area contributed by atoms with E-state index in [1.165, 1.54) is 0 Å². The molecule has 0 radical (unpaired) electrons. The van der Waals surface area contributed by atoms with E-state index in [0.29, 0.717) is 24.7 Å². The molecule has 3 amide bonds. The number of nitrogens with one attached hydrogen (secondary N) is 2. The molecule has 0 spiro atoms. The summed E-state index contributed by atoms with van der Waals surface area (Å²) in [5.74, 6) is -0.312. The maximum Gasteiger partial charge on any atom is 0.321 e. The Bertz CT molecular complexity index is 807. The number of anilines is 1. The molecule has 1 heterocycles. The molecule has 2 aromatic carbocycles. The van der Waals surface area contributed by atoms with E-state index in [1.807, 2.05) is 61.5 Å². The van der Waals surface area contributed by atoms with E-state index in [-0.39, 0.29) is 5.91 Å². The Morgan fingerprint density at radius 2 is 1.75 bits per heavy atom. The highest BCUT2D eigenvalue weighted by molar-refractivity contribution is 6.30. The summed E-state index contributed by atoms with van der Waals surface area (Å²) in [4.78, 5) is 29.1. The summed E-state index contributed by atoms with van der Waals surface area (Å²) >= 11 is 6.11. The number of piperazine rings is 1. The van der Waals surface area contributed by atoms with Gasteiger partial charge in [0.05, 0.1) is 0 Å². The number of benzene rings is 2. The van der Waals surface area contributed by atoms with Crippen molar-refractivity contribution in [1.29, 1.82) is 0 Å². The van der Waals surface area contributed by atoms with Gasteiger partial charge in [-0.2, -0.15) is 0 Å². The van der Waals surface area contributed by atoms with Crippen LogP contribution in [0.1, 0.15) is 18.5 Å². The van der Waals surface area contributed by atoms with Gasteiger partial charge in [0.2, 0.25) is 5.91 Å². The topological polar surface area (TPSA) is 64.7 Å². The summed E-state index contributed by atoms with van der Waals surface area (Å²) in [5, 5.41) is 5.79. The van der Waals surface area contributed by atoms with Crippen molar-refractivity contribution in [1.82, 2.24) is 15.5 Å². The normalized spacial score (nSPS) is 15.7. The summed E-state index contributed by atoms with van der Waals surface area (Å²) in [6, 6.07) is 16.4. The monoisotopic (exact) mass is 400 g/mol. The molecule has 0 saturated carbocycles. The van der Waals surface area contributed by atoms with Crippen molar-refractivity contribution >= 4 is 29.2 Å². The van der Waals surface area contributed by atoms with Crippen molar-refractivity contribution in [2.45, 2.75) is 13.0 Å².